The predicted molar refractivity (Wildman–Crippen MR) is 124 cm³/mol. The van der Waals surface area contributed by atoms with Crippen LogP contribution in [-0.2, 0) is 14.3 Å². The van der Waals surface area contributed by atoms with Crippen LogP contribution >= 0.6 is 0 Å². The van der Waals surface area contributed by atoms with E-state index in [1.54, 1.807) is 18.9 Å². The third-order valence-corrected chi connectivity index (χ3v) is 5.97. The molecule has 34 heavy (non-hydrogen) atoms. The van der Waals surface area contributed by atoms with E-state index in [0.29, 0.717) is 17.2 Å². The Morgan fingerprint density at radius 2 is 1.71 bits per heavy atom. The highest BCUT2D eigenvalue weighted by Crippen LogP contribution is 2.48. The van der Waals surface area contributed by atoms with Gasteiger partial charge in [0.2, 0.25) is 6.79 Å². The second-order valence-electron chi connectivity index (χ2n) is 9.35. The lowest BCUT2D eigenvalue weighted by Crippen LogP contribution is -2.38. The number of nitrogens with zero attached hydrogens (tertiary/aromatic N) is 1. The van der Waals surface area contributed by atoms with E-state index in [2.05, 4.69) is 0 Å². The van der Waals surface area contributed by atoms with Crippen molar-refractivity contribution in [2.45, 2.75) is 45.3 Å². The van der Waals surface area contributed by atoms with Gasteiger partial charge >= 0.3 is 12.1 Å². The lowest BCUT2D eigenvalue weighted by Gasteiger charge is -2.30. The Morgan fingerprint density at radius 3 is 2.35 bits per heavy atom. The molecule has 2 aliphatic heterocycles. The Balaban J connectivity index is 1.79. The first-order valence-electron chi connectivity index (χ1n) is 11.4. The van der Waals surface area contributed by atoms with Crippen LogP contribution in [0.25, 0.3) is 0 Å². The third kappa shape index (κ3) is 4.76. The van der Waals surface area contributed by atoms with Crippen molar-refractivity contribution in [2.75, 3.05) is 27.1 Å². The molecule has 1 amide bonds. The number of likely N-dealkylation sites (tertiary alicyclic amines) is 1. The van der Waals surface area contributed by atoms with Crippen LogP contribution in [-0.4, -0.2) is 49.6 Å². The fraction of sp³-hybridized carbons (Fsp3) is 0.462. The summed E-state index contributed by atoms with van der Waals surface area (Å²) in [6, 6.07) is 12.4. The summed E-state index contributed by atoms with van der Waals surface area (Å²) in [5, 5.41) is 0. The monoisotopic (exact) mass is 469 g/mol. The lowest BCUT2D eigenvalue weighted by molar-refractivity contribution is -0.149. The van der Waals surface area contributed by atoms with Gasteiger partial charge in [0.05, 0.1) is 25.7 Å². The zero-order chi connectivity index (χ0) is 24.5. The van der Waals surface area contributed by atoms with Crippen LogP contribution in [0.5, 0.6) is 17.2 Å². The van der Waals surface area contributed by atoms with E-state index in [4.69, 9.17) is 23.7 Å². The summed E-state index contributed by atoms with van der Waals surface area (Å²) < 4.78 is 27.5. The van der Waals surface area contributed by atoms with E-state index in [9.17, 15) is 9.59 Å². The van der Waals surface area contributed by atoms with Gasteiger partial charge in [-0.05, 0) is 63.1 Å². The minimum Gasteiger partial charge on any atom is -0.497 e. The molecule has 0 spiro atoms. The van der Waals surface area contributed by atoms with Crippen molar-refractivity contribution in [1.82, 2.24) is 4.90 Å². The normalized spacial score (nSPS) is 21.3. The van der Waals surface area contributed by atoms with Gasteiger partial charge in [-0.2, -0.15) is 0 Å². The van der Waals surface area contributed by atoms with Crippen molar-refractivity contribution in [3.8, 4) is 17.2 Å². The summed E-state index contributed by atoms with van der Waals surface area (Å²) >= 11 is 0. The predicted octanol–water partition coefficient (Wildman–Crippen LogP) is 4.68. The van der Waals surface area contributed by atoms with Gasteiger partial charge < -0.3 is 23.7 Å². The minimum atomic E-state index is -0.683. The van der Waals surface area contributed by atoms with Crippen molar-refractivity contribution in [3.63, 3.8) is 0 Å². The van der Waals surface area contributed by atoms with Gasteiger partial charge in [0.15, 0.2) is 11.5 Å². The number of hydrogen-bond acceptors (Lipinski definition) is 7. The lowest BCUT2D eigenvalue weighted by atomic mass is 9.82. The molecule has 0 radical (unpaired) electrons. The highest BCUT2D eigenvalue weighted by Gasteiger charge is 2.51. The largest absolute Gasteiger partial charge is 0.497 e. The van der Waals surface area contributed by atoms with Crippen LogP contribution < -0.4 is 14.2 Å². The number of ether oxygens (including phenoxy) is 5. The Bertz CT molecular complexity index is 1040. The molecule has 3 atom stereocenters. The molecule has 0 aliphatic carbocycles. The fourth-order valence-electron chi connectivity index (χ4n) is 4.54. The van der Waals surface area contributed by atoms with Crippen molar-refractivity contribution >= 4 is 12.1 Å². The van der Waals surface area contributed by atoms with Crippen LogP contribution in [0.4, 0.5) is 4.79 Å². The Morgan fingerprint density at radius 1 is 1.03 bits per heavy atom. The van der Waals surface area contributed by atoms with Crippen molar-refractivity contribution in [3.05, 3.63) is 53.6 Å². The maximum atomic E-state index is 13.3. The summed E-state index contributed by atoms with van der Waals surface area (Å²) in [6.07, 6.45) is -0.481. The molecule has 4 rings (SSSR count). The topological polar surface area (TPSA) is 83.5 Å². The summed E-state index contributed by atoms with van der Waals surface area (Å²) in [7, 11) is 1.59. The second-order valence-corrected chi connectivity index (χ2v) is 9.35. The standard InChI is InChI=1S/C26H31NO7/c1-6-31-24(28)22-19(17-9-12-20-21(13-17)33-15-32-20)14-27(25(29)34-26(2,3)4)23(22)16-7-10-18(30-5)11-8-16/h7-13,19,22-23H,6,14-15H2,1-5H3/t19-,22-,23-/m1/s1. The average Bonchev–Trinajstić information content (AvgIpc) is 3.42. The van der Waals surface area contributed by atoms with Crippen LogP contribution in [0.3, 0.4) is 0 Å². The smallest absolute Gasteiger partial charge is 0.410 e. The fourth-order valence-corrected chi connectivity index (χ4v) is 4.54. The number of amides is 1. The second kappa shape index (κ2) is 9.44. The van der Waals surface area contributed by atoms with Crippen molar-refractivity contribution < 1.29 is 33.3 Å². The first-order chi connectivity index (χ1) is 16.2. The number of methoxy groups -OCH3 is 1. The summed E-state index contributed by atoms with van der Waals surface area (Å²) in [5.41, 5.74) is 0.984. The molecule has 0 N–H and O–H groups in total. The van der Waals surface area contributed by atoms with Crippen LogP contribution in [0.15, 0.2) is 42.5 Å². The summed E-state index contributed by atoms with van der Waals surface area (Å²) in [6.45, 7) is 7.92. The van der Waals surface area contributed by atoms with Gasteiger partial charge in [-0.1, -0.05) is 18.2 Å². The van der Waals surface area contributed by atoms with E-state index in [1.807, 2.05) is 63.2 Å². The van der Waals surface area contributed by atoms with Crippen molar-refractivity contribution in [2.24, 2.45) is 5.92 Å². The molecule has 8 nitrogen and oxygen atoms in total. The third-order valence-electron chi connectivity index (χ3n) is 5.97. The molecule has 0 bridgehead atoms. The molecule has 2 heterocycles. The zero-order valence-electron chi connectivity index (χ0n) is 20.2. The van der Waals surface area contributed by atoms with E-state index in [0.717, 1.165) is 11.1 Å². The number of fused-ring (bicyclic) bond motifs is 1. The maximum Gasteiger partial charge on any atom is 0.410 e. The summed E-state index contributed by atoms with van der Waals surface area (Å²) in [5.74, 6) is 0.638. The Hall–Kier alpha value is -3.42. The highest BCUT2D eigenvalue weighted by atomic mass is 16.7. The van der Waals surface area contributed by atoms with E-state index in [1.165, 1.54) is 0 Å². The number of carbonyl (C=O) groups is 2. The quantitative estimate of drug-likeness (QED) is 0.588. The molecule has 1 fully saturated rings. The van der Waals surface area contributed by atoms with Gasteiger partial charge in [0, 0.05) is 12.5 Å². The number of hydrogen-bond donors (Lipinski definition) is 0. The number of benzene rings is 2. The van der Waals surface area contributed by atoms with E-state index >= 15 is 0 Å². The van der Waals surface area contributed by atoms with Crippen LogP contribution in [0.2, 0.25) is 0 Å². The first kappa shape index (κ1) is 23.7. The number of esters is 1. The molecular formula is C26H31NO7. The van der Waals surface area contributed by atoms with Gasteiger partial charge in [-0.15, -0.1) is 0 Å². The number of rotatable bonds is 5. The van der Waals surface area contributed by atoms with Crippen LogP contribution in [0, 0.1) is 5.92 Å². The minimum absolute atomic E-state index is 0.156. The molecule has 0 unspecified atom stereocenters. The Kier molecular flexibility index (Phi) is 6.59. The van der Waals surface area contributed by atoms with Gasteiger partial charge in [-0.3, -0.25) is 9.69 Å². The average molecular weight is 470 g/mol. The van der Waals surface area contributed by atoms with Crippen LogP contribution in [0.1, 0.15) is 50.8 Å². The highest BCUT2D eigenvalue weighted by molar-refractivity contribution is 5.79. The molecule has 8 heteroatoms. The molecule has 2 aliphatic rings. The van der Waals surface area contributed by atoms with Gasteiger partial charge in [0.1, 0.15) is 11.4 Å². The Labute approximate surface area is 199 Å². The molecule has 1 saturated heterocycles. The van der Waals surface area contributed by atoms with E-state index < -0.39 is 23.7 Å². The van der Waals surface area contributed by atoms with E-state index in [-0.39, 0.29) is 31.8 Å². The van der Waals surface area contributed by atoms with Gasteiger partial charge in [-0.25, -0.2) is 4.79 Å². The molecule has 2 aromatic carbocycles. The zero-order valence-corrected chi connectivity index (χ0v) is 20.2. The first-order valence-corrected chi connectivity index (χ1v) is 11.4. The number of carbonyl (C=O) groups excluding carboxylic acids is 2. The molecule has 2 aromatic rings. The molecule has 182 valence electrons. The molecular weight excluding hydrogens is 438 g/mol. The summed E-state index contributed by atoms with van der Waals surface area (Å²) in [4.78, 5) is 28.3. The molecule has 0 saturated carbocycles. The maximum absolute atomic E-state index is 13.3. The van der Waals surface area contributed by atoms with Crippen molar-refractivity contribution in [1.29, 1.82) is 0 Å². The van der Waals surface area contributed by atoms with Gasteiger partial charge in [0.25, 0.3) is 0 Å². The SMILES string of the molecule is CCOC(=O)[C@@H]1[C@@H](c2ccc3c(c2)OCO3)CN(C(=O)OC(C)(C)C)[C@@H]1c1ccc(OC)cc1. The molecule has 0 aromatic heterocycles.